The molecule has 76 valence electrons. The third-order valence-electron chi connectivity index (χ3n) is 2.03. The Morgan fingerprint density at radius 1 is 1.54 bits per heavy atom. The maximum absolute atomic E-state index is 11.3. The molecule has 13 heavy (non-hydrogen) atoms. The Bertz CT molecular complexity index is 163. The van der Waals surface area contributed by atoms with Crippen LogP contribution in [0.15, 0.2) is 12.7 Å². The molecule has 0 fully saturated rings. The Morgan fingerprint density at radius 3 is 2.54 bits per heavy atom. The number of allylic oxidation sites excluding steroid dienone is 1. The molecule has 0 saturated carbocycles. The molecule has 0 bridgehead atoms. The van der Waals surface area contributed by atoms with Gasteiger partial charge in [0.25, 0.3) is 0 Å². The molecule has 0 aromatic heterocycles. The summed E-state index contributed by atoms with van der Waals surface area (Å²) in [7, 11) is 0. The Hall–Kier alpha value is -0.630. The van der Waals surface area contributed by atoms with E-state index in [2.05, 4.69) is 20.4 Å². The fraction of sp³-hybridized carbons (Fsp3) is 0.727. The molecule has 0 rings (SSSR count). The molecule has 0 amide bonds. The zero-order chi connectivity index (χ0) is 10.3. The van der Waals surface area contributed by atoms with Crippen molar-refractivity contribution in [3.63, 3.8) is 0 Å². The predicted molar refractivity (Wildman–Crippen MR) is 56.4 cm³/mol. The van der Waals surface area contributed by atoms with E-state index < -0.39 is 0 Å². The lowest BCUT2D eigenvalue weighted by molar-refractivity contribution is -0.119. The van der Waals surface area contributed by atoms with Crippen molar-refractivity contribution in [2.45, 2.75) is 33.1 Å². The normalized spacial score (nSPS) is 12.9. The van der Waals surface area contributed by atoms with Crippen LogP contribution in [0.4, 0.5) is 0 Å². The van der Waals surface area contributed by atoms with Gasteiger partial charge >= 0.3 is 0 Å². The summed E-state index contributed by atoms with van der Waals surface area (Å²) in [4.78, 5) is 11.3. The summed E-state index contributed by atoms with van der Waals surface area (Å²) in [5, 5.41) is 0. The lowest BCUT2D eigenvalue weighted by Crippen LogP contribution is -2.19. The Morgan fingerprint density at radius 2 is 2.15 bits per heavy atom. The third kappa shape index (κ3) is 6.52. The third-order valence-corrected chi connectivity index (χ3v) is 2.03. The van der Waals surface area contributed by atoms with Crippen LogP contribution in [0.5, 0.6) is 0 Å². The minimum absolute atomic E-state index is 0.256. The lowest BCUT2D eigenvalue weighted by Gasteiger charge is -2.15. The van der Waals surface area contributed by atoms with Crippen LogP contribution < -0.4 is 5.73 Å². The van der Waals surface area contributed by atoms with Crippen LogP contribution in [0, 0.1) is 11.8 Å². The smallest absolute Gasteiger partial charge is 0.136 e. The van der Waals surface area contributed by atoms with Gasteiger partial charge in [-0.2, -0.15) is 0 Å². The number of hydrogen-bond donors (Lipinski definition) is 1. The zero-order valence-electron chi connectivity index (χ0n) is 8.75. The highest BCUT2D eigenvalue weighted by Gasteiger charge is 2.12. The molecule has 0 aliphatic heterocycles. The van der Waals surface area contributed by atoms with Crippen molar-refractivity contribution in [2.75, 3.05) is 6.54 Å². The van der Waals surface area contributed by atoms with Crippen molar-refractivity contribution in [3.05, 3.63) is 12.7 Å². The van der Waals surface area contributed by atoms with Gasteiger partial charge < -0.3 is 5.73 Å². The van der Waals surface area contributed by atoms with Gasteiger partial charge in [-0.25, -0.2) is 0 Å². The maximum Gasteiger partial charge on any atom is 0.136 e. The molecule has 1 atom stereocenters. The SMILES string of the molecule is C=CCC(=O)CC(CN)CC(C)C. The Balaban J connectivity index is 3.82. The van der Waals surface area contributed by atoms with Crippen molar-refractivity contribution in [2.24, 2.45) is 17.6 Å². The standard InChI is InChI=1S/C11H21NO/c1-4-5-11(13)7-10(8-12)6-9(2)3/h4,9-10H,1,5-8,12H2,2-3H3. The molecule has 0 aliphatic rings. The molecule has 0 aromatic rings. The summed E-state index contributed by atoms with van der Waals surface area (Å²) in [5.74, 6) is 1.23. The van der Waals surface area contributed by atoms with E-state index in [0.717, 1.165) is 6.42 Å². The van der Waals surface area contributed by atoms with Crippen LogP contribution >= 0.6 is 0 Å². The van der Waals surface area contributed by atoms with Gasteiger partial charge in [-0.15, -0.1) is 6.58 Å². The van der Waals surface area contributed by atoms with Crippen LogP contribution in [0.3, 0.4) is 0 Å². The van der Waals surface area contributed by atoms with Crippen LogP contribution in [0.1, 0.15) is 33.1 Å². The molecule has 2 N–H and O–H groups in total. The van der Waals surface area contributed by atoms with Gasteiger partial charge in [-0.05, 0) is 24.8 Å². The summed E-state index contributed by atoms with van der Waals surface area (Å²) in [6, 6.07) is 0. The van der Waals surface area contributed by atoms with Gasteiger partial charge in [-0.1, -0.05) is 19.9 Å². The second-order valence-corrected chi connectivity index (χ2v) is 3.97. The quantitative estimate of drug-likeness (QED) is 0.614. The summed E-state index contributed by atoms with van der Waals surface area (Å²) >= 11 is 0. The monoisotopic (exact) mass is 183 g/mol. The molecule has 0 spiro atoms. The average Bonchev–Trinajstić information content (AvgIpc) is 2.02. The van der Waals surface area contributed by atoms with Gasteiger partial charge in [-0.3, -0.25) is 4.79 Å². The predicted octanol–water partition coefficient (Wildman–Crippen LogP) is 2.14. The van der Waals surface area contributed by atoms with Crippen LogP contribution in [-0.2, 0) is 4.79 Å². The molecular formula is C11H21NO. The Labute approximate surface area is 81.2 Å². The van der Waals surface area contributed by atoms with Gasteiger partial charge in [0.1, 0.15) is 5.78 Å². The van der Waals surface area contributed by atoms with Crippen LogP contribution in [0.25, 0.3) is 0 Å². The number of carbonyl (C=O) groups excluding carboxylic acids is 1. The second-order valence-electron chi connectivity index (χ2n) is 3.97. The largest absolute Gasteiger partial charge is 0.330 e. The number of hydrogen-bond acceptors (Lipinski definition) is 2. The van der Waals surface area contributed by atoms with E-state index in [1.54, 1.807) is 6.08 Å². The van der Waals surface area contributed by atoms with E-state index in [1.165, 1.54) is 0 Å². The van der Waals surface area contributed by atoms with E-state index in [0.29, 0.717) is 31.2 Å². The van der Waals surface area contributed by atoms with Crippen molar-refractivity contribution in [1.29, 1.82) is 0 Å². The van der Waals surface area contributed by atoms with E-state index in [1.807, 2.05) is 0 Å². The minimum atomic E-state index is 0.256. The van der Waals surface area contributed by atoms with Gasteiger partial charge in [0.2, 0.25) is 0 Å². The van der Waals surface area contributed by atoms with E-state index in [9.17, 15) is 4.79 Å². The van der Waals surface area contributed by atoms with E-state index in [-0.39, 0.29) is 5.78 Å². The minimum Gasteiger partial charge on any atom is -0.330 e. The molecule has 0 radical (unpaired) electrons. The molecule has 1 unspecified atom stereocenters. The molecule has 2 heteroatoms. The molecule has 0 saturated heterocycles. The molecule has 0 aliphatic carbocycles. The first-order valence-electron chi connectivity index (χ1n) is 4.92. The molecule has 0 aromatic carbocycles. The first kappa shape index (κ1) is 12.4. The van der Waals surface area contributed by atoms with Crippen molar-refractivity contribution < 1.29 is 4.79 Å². The fourth-order valence-corrected chi connectivity index (χ4v) is 1.50. The molecule has 2 nitrogen and oxygen atoms in total. The summed E-state index contributed by atoms with van der Waals surface area (Å²) in [6.45, 7) is 8.46. The maximum atomic E-state index is 11.3. The molecular weight excluding hydrogens is 162 g/mol. The molecule has 0 heterocycles. The average molecular weight is 183 g/mol. The van der Waals surface area contributed by atoms with Crippen molar-refractivity contribution in [1.82, 2.24) is 0 Å². The second kappa shape index (κ2) is 6.84. The van der Waals surface area contributed by atoms with Gasteiger partial charge in [0.15, 0.2) is 0 Å². The summed E-state index contributed by atoms with van der Waals surface area (Å²) in [6.07, 6.45) is 3.79. The van der Waals surface area contributed by atoms with Crippen LogP contribution in [-0.4, -0.2) is 12.3 Å². The van der Waals surface area contributed by atoms with Gasteiger partial charge in [0, 0.05) is 12.8 Å². The first-order valence-corrected chi connectivity index (χ1v) is 4.92. The highest BCUT2D eigenvalue weighted by molar-refractivity contribution is 5.79. The number of nitrogens with two attached hydrogens (primary N) is 1. The highest BCUT2D eigenvalue weighted by atomic mass is 16.1. The van der Waals surface area contributed by atoms with E-state index >= 15 is 0 Å². The lowest BCUT2D eigenvalue weighted by atomic mass is 9.92. The first-order chi connectivity index (χ1) is 6.10. The summed E-state index contributed by atoms with van der Waals surface area (Å²) in [5.41, 5.74) is 5.59. The highest BCUT2D eigenvalue weighted by Crippen LogP contribution is 2.15. The van der Waals surface area contributed by atoms with Crippen molar-refractivity contribution in [3.8, 4) is 0 Å². The summed E-state index contributed by atoms with van der Waals surface area (Å²) < 4.78 is 0. The topological polar surface area (TPSA) is 43.1 Å². The Kier molecular flexibility index (Phi) is 6.51. The van der Waals surface area contributed by atoms with Crippen LogP contribution in [0.2, 0.25) is 0 Å². The van der Waals surface area contributed by atoms with E-state index in [4.69, 9.17) is 5.73 Å². The zero-order valence-corrected chi connectivity index (χ0v) is 8.75. The number of rotatable bonds is 7. The number of Topliss-reactive ketones (excluding diaryl/α,β-unsaturated/α-hetero) is 1. The van der Waals surface area contributed by atoms with Gasteiger partial charge in [0.05, 0.1) is 0 Å². The van der Waals surface area contributed by atoms with Crippen molar-refractivity contribution >= 4 is 5.78 Å². The number of ketones is 1. The number of carbonyl (C=O) groups is 1. The fourth-order valence-electron chi connectivity index (χ4n) is 1.50.